The Kier molecular flexibility index (Phi) is 10.9. The summed E-state index contributed by atoms with van der Waals surface area (Å²) in [7, 11) is -9.32. The summed E-state index contributed by atoms with van der Waals surface area (Å²) in [4.78, 5) is -0.854. The van der Waals surface area contributed by atoms with E-state index in [1.807, 2.05) is 13.8 Å². The van der Waals surface area contributed by atoms with Gasteiger partial charge in [0.25, 0.3) is 20.2 Å². The molecule has 0 amide bonds. The molecule has 0 spiro atoms. The van der Waals surface area contributed by atoms with Crippen molar-refractivity contribution in [3.8, 4) is 34.1 Å². The second kappa shape index (κ2) is 15.6. The molecule has 0 fully saturated rings. The Morgan fingerprint density at radius 3 is 1.20 bits per heavy atom. The van der Waals surface area contributed by atoms with Crippen LogP contribution in [0.2, 0.25) is 0 Å². The number of ether oxygens (including phenoxy) is 2. The van der Waals surface area contributed by atoms with Crippen LogP contribution >= 0.6 is 0 Å². The van der Waals surface area contributed by atoms with Crippen molar-refractivity contribution in [3.05, 3.63) is 97.1 Å². The lowest BCUT2D eigenvalue weighted by Gasteiger charge is -2.13. The van der Waals surface area contributed by atoms with Crippen molar-refractivity contribution in [1.82, 2.24) is 0 Å². The normalized spacial score (nSPS) is 12.3. The molecule has 4 N–H and O–H groups in total. The number of fused-ring (bicyclic) bond motifs is 2. The first kappa shape index (κ1) is 37.8. The van der Waals surface area contributed by atoms with Gasteiger partial charge in [-0.2, -0.15) is 16.8 Å². The van der Waals surface area contributed by atoms with Crippen LogP contribution in [0.5, 0.6) is 23.0 Å². The Balaban J connectivity index is 1.37. The highest BCUT2D eigenvalue weighted by molar-refractivity contribution is 7.86. The molecule has 0 saturated carbocycles. The molecule has 0 unspecified atom stereocenters. The summed E-state index contributed by atoms with van der Waals surface area (Å²) in [6.45, 7) is 4.54. The number of rotatable bonds is 13. The summed E-state index contributed by atoms with van der Waals surface area (Å²) in [5, 5.41) is 39.2. The van der Waals surface area contributed by atoms with E-state index in [0.29, 0.717) is 48.7 Å². The lowest BCUT2D eigenvalue weighted by molar-refractivity contribution is 0.318. The first-order valence-electron chi connectivity index (χ1n) is 16.6. The minimum Gasteiger partial charge on any atom is -0.505 e. The van der Waals surface area contributed by atoms with Crippen LogP contribution in [0.15, 0.2) is 127 Å². The van der Waals surface area contributed by atoms with Gasteiger partial charge in [0.05, 0.1) is 13.2 Å². The number of azo groups is 2. The molecule has 0 aliphatic rings. The maximum atomic E-state index is 12.2. The van der Waals surface area contributed by atoms with Gasteiger partial charge in [0.1, 0.15) is 44.0 Å². The number of phenolic OH excluding ortho intramolecular Hbond substituents is 2. The van der Waals surface area contributed by atoms with Crippen LogP contribution in [-0.4, -0.2) is 49.4 Å². The van der Waals surface area contributed by atoms with E-state index in [1.54, 1.807) is 60.7 Å². The van der Waals surface area contributed by atoms with Crippen molar-refractivity contribution in [2.24, 2.45) is 20.5 Å². The fourth-order valence-corrected chi connectivity index (χ4v) is 7.06. The number of hydrogen-bond donors (Lipinski definition) is 4. The van der Waals surface area contributed by atoms with Gasteiger partial charge in [0.2, 0.25) is 0 Å². The quantitative estimate of drug-likeness (QED) is 0.0643. The molecule has 16 heteroatoms. The van der Waals surface area contributed by atoms with Crippen molar-refractivity contribution in [1.29, 1.82) is 0 Å². The SMILES string of the molecule is CCCOc1cc(-c2ccc(N=Nc3cc(S(=O)(=O)O)c4ccccc4c3O)c(OCCC)c2)ccc1N=Nc1cc(S(=O)(=O)O)c2ccccc2c1O. The molecule has 0 saturated heterocycles. The van der Waals surface area contributed by atoms with E-state index >= 15 is 0 Å². The lowest BCUT2D eigenvalue weighted by atomic mass is 10.0. The minimum atomic E-state index is -4.66. The predicted octanol–water partition coefficient (Wildman–Crippen LogP) is 9.97. The molecule has 6 aromatic rings. The number of phenols is 2. The second-order valence-corrected chi connectivity index (χ2v) is 14.8. The number of hydrogen-bond acceptors (Lipinski definition) is 12. The van der Waals surface area contributed by atoms with Crippen LogP contribution in [-0.2, 0) is 20.2 Å². The van der Waals surface area contributed by atoms with Gasteiger partial charge in [-0.05, 0) is 60.4 Å². The van der Waals surface area contributed by atoms with Gasteiger partial charge < -0.3 is 19.7 Å². The van der Waals surface area contributed by atoms with Crippen LogP contribution in [0, 0.1) is 0 Å². The van der Waals surface area contributed by atoms with Crippen molar-refractivity contribution in [3.63, 3.8) is 0 Å². The average molecular weight is 771 g/mol. The molecular weight excluding hydrogens is 737 g/mol. The number of aromatic hydroxyl groups is 2. The third-order valence-corrected chi connectivity index (χ3v) is 9.97. The topological polar surface area (TPSA) is 217 Å². The van der Waals surface area contributed by atoms with Crippen molar-refractivity contribution >= 4 is 64.5 Å². The highest BCUT2D eigenvalue weighted by Gasteiger charge is 2.21. The van der Waals surface area contributed by atoms with Crippen molar-refractivity contribution in [2.75, 3.05) is 13.2 Å². The summed E-state index contributed by atoms with van der Waals surface area (Å²) >= 11 is 0. The third kappa shape index (κ3) is 8.01. The van der Waals surface area contributed by atoms with Crippen LogP contribution in [0.1, 0.15) is 26.7 Å². The monoisotopic (exact) mass is 770 g/mol. The van der Waals surface area contributed by atoms with E-state index < -0.39 is 30.0 Å². The summed E-state index contributed by atoms with van der Waals surface area (Å²) < 4.78 is 80.3. The number of nitrogens with zero attached hydrogens (tertiary/aromatic N) is 4. The minimum absolute atomic E-state index is 0.126. The zero-order chi connectivity index (χ0) is 38.6. The fraction of sp³-hybridized carbons (Fsp3) is 0.158. The summed E-state index contributed by atoms with van der Waals surface area (Å²) in [6, 6.07) is 24.6. The van der Waals surface area contributed by atoms with Crippen molar-refractivity contribution < 1.29 is 45.6 Å². The lowest BCUT2D eigenvalue weighted by Crippen LogP contribution is -1.99. The molecule has 0 bridgehead atoms. The highest BCUT2D eigenvalue weighted by Crippen LogP contribution is 2.43. The van der Waals surface area contributed by atoms with E-state index in [4.69, 9.17) is 9.47 Å². The predicted molar refractivity (Wildman–Crippen MR) is 203 cm³/mol. The molecule has 0 heterocycles. The zero-order valence-corrected chi connectivity index (χ0v) is 30.5. The Morgan fingerprint density at radius 1 is 0.500 bits per heavy atom. The molecule has 6 rings (SSSR count). The molecule has 14 nitrogen and oxygen atoms in total. The van der Waals surface area contributed by atoms with Gasteiger partial charge in [0, 0.05) is 21.5 Å². The van der Waals surface area contributed by atoms with Gasteiger partial charge in [-0.25, -0.2) is 0 Å². The Morgan fingerprint density at radius 2 is 0.852 bits per heavy atom. The van der Waals surface area contributed by atoms with Crippen LogP contribution in [0.3, 0.4) is 0 Å². The first-order chi connectivity index (χ1) is 25.8. The van der Waals surface area contributed by atoms with Crippen LogP contribution in [0.4, 0.5) is 22.7 Å². The van der Waals surface area contributed by atoms with E-state index in [1.165, 1.54) is 24.3 Å². The van der Waals surface area contributed by atoms with E-state index in [2.05, 4.69) is 20.5 Å². The summed E-state index contributed by atoms with van der Waals surface area (Å²) in [5.74, 6) is 0.0473. The summed E-state index contributed by atoms with van der Waals surface area (Å²) in [5.41, 5.74) is 1.58. The first-order valence-corrected chi connectivity index (χ1v) is 19.5. The third-order valence-electron chi connectivity index (χ3n) is 8.18. The molecule has 54 heavy (non-hydrogen) atoms. The van der Waals surface area contributed by atoms with Crippen molar-refractivity contribution in [2.45, 2.75) is 36.5 Å². The second-order valence-electron chi connectivity index (χ2n) is 12.0. The van der Waals surface area contributed by atoms with Gasteiger partial charge in [-0.1, -0.05) is 74.5 Å². The molecule has 0 aliphatic heterocycles. The highest BCUT2D eigenvalue weighted by atomic mass is 32.2. The van der Waals surface area contributed by atoms with E-state index in [0.717, 1.165) is 12.1 Å². The van der Waals surface area contributed by atoms with E-state index in [-0.39, 0.29) is 55.8 Å². The maximum Gasteiger partial charge on any atom is 0.295 e. The maximum absolute atomic E-state index is 12.2. The van der Waals surface area contributed by atoms with Gasteiger partial charge in [-0.15, -0.1) is 20.5 Å². The molecular formula is C38H34N4O10S2. The van der Waals surface area contributed by atoms with E-state index in [9.17, 15) is 36.2 Å². The molecule has 278 valence electrons. The summed E-state index contributed by atoms with van der Waals surface area (Å²) in [6.07, 6.45) is 1.36. The smallest absolute Gasteiger partial charge is 0.295 e. The molecule has 0 aliphatic carbocycles. The standard InChI is InChI=1S/C38H34N4O10S2/c1-3-17-51-33-19-23(13-15-29(33)39-41-31-21-35(53(45,46)47)25-9-5-7-11-27(25)37(31)43)24-14-16-30(34(20-24)52-18-4-2)40-42-32-22-36(54(48,49)50)26-10-6-8-12-28(26)38(32)44/h5-16,19-22,43-44H,3-4,17-18H2,1-2H3,(H,45,46,47)(H,48,49,50). The fourth-order valence-electron chi connectivity index (χ4n) is 5.63. The Labute approximate surface area is 310 Å². The zero-order valence-electron chi connectivity index (χ0n) is 28.9. The Bertz CT molecular complexity index is 2500. The molecule has 0 aromatic heterocycles. The van der Waals surface area contributed by atoms with Gasteiger partial charge in [-0.3, -0.25) is 9.11 Å². The number of benzene rings is 6. The largest absolute Gasteiger partial charge is 0.505 e. The molecule has 0 radical (unpaired) electrons. The average Bonchev–Trinajstić information content (AvgIpc) is 3.15. The van der Waals surface area contributed by atoms with Gasteiger partial charge in [0.15, 0.2) is 11.5 Å². The molecule has 6 aromatic carbocycles. The van der Waals surface area contributed by atoms with Crippen LogP contribution in [0.25, 0.3) is 32.7 Å². The Hall–Kier alpha value is -5.94. The molecule has 0 atom stereocenters. The van der Waals surface area contributed by atoms with Gasteiger partial charge >= 0.3 is 0 Å². The van der Waals surface area contributed by atoms with Crippen LogP contribution < -0.4 is 9.47 Å².